The second-order valence-corrected chi connectivity index (χ2v) is 15.9. The minimum atomic E-state index is 0.606. The summed E-state index contributed by atoms with van der Waals surface area (Å²) in [4.78, 5) is 15.6. The Morgan fingerprint density at radius 2 is 0.774 bits per heavy atom. The minimum absolute atomic E-state index is 0.606. The van der Waals surface area contributed by atoms with Gasteiger partial charge in [0.05, 0.1) is 0 Å². The van der Waals surface area contributed by atoms with Gasteiger partial charge in [0, 0.05) is 43.8 Å². The van der Waals surface area contributed by atoms with Crippen molar-refractivity contribution in [3.05, 3.63) is 206 Å². The molecular weight excluding hydrogens is 759 g/mol. The Morgan fingerprint density at radius 3 is 1.21 bits per heavy atom. The largest absolute Gasteiger partial charge is 0.455 e. The van der Waals surface area contributed by atoms with E-state index < -0.39 is 0 Å². The molecule has 0 radical (unpaired) electrons. The predicted molar refractivity (Wildman–Crippen MR) is 253 cm³/mol. The number of hydrogen-bond acceptors (Lipinski definition) is 5. The fraction of sp³-hybridized carbons (Fsp3) is 0.0351. The molecule has 0 bridgehead atoms. The van der Waals surface area contributed by atoms with Crippen LogP contribution in [-0.2, 0) is 0 Å². The van der Waals surface area contributed by atoms with Crippen LogP contribution in [0.5, 0.6) is 0 Å². The molecule has 0 amide bonds. The van der Waals surface area contributed by atoms with Crippen LogP contribution in [0.2, 0.25) is 0 Å². The van der Waals surface area contributed by atoms with E-state index in [0.29, 0.717) is 17.5 Å². The van der Waals surface area contributed by atoms with E-state index in [-0.39, 0.29) is 0 Å². The van der Waals surface area contributed by atoms with Crippen LogP contribution in [0.3, 0.4) is 0 Å². The molecule has 0 spiro atoms. The summed E-state index contributed by atoms with van der Waals surface area (Å²) in [6, 6.07) is 63.5. The first kappa shape index (κ1) is 35.8. The van der Waals surface area contributed by atoms with E-state index in [1.807, 2.05) is 24.3 Å². The first-order chi connectivity index (χ1) is 30.7. The first-order valence-corrected chi connectivity index (χ1v) is 21.1. The summed E-state index contributed by atoms with van der Waals surface area (Å²) in [5, 5.41) is 4.09. The molecule has 5 heteroatoms. The molecule has 1 aliphatic carbocycles. The molecule has 0 aliphatic heterocycles. The second kappa shape index (κ2) is 14.8. The van der Waals surface area contributed by atoms with Gasteiger partial charge in [0.25, 0.3) is 0 Å². The molecule has 0 fully saturated rings. The van der Waals surface area contributed by atoms with Crippen molar-refractivity contribution in [1.82, 2.24) is 15.0 Å². The third kappa shape index (κ3) is 6.30. The van der Waals surface area contributed by atoms with Gasteiger partial charge in [-0.15, -0.1) is 0 Å². The highest BCUT2D eigenvalue weighted by Crippen LogP contribution is 2.43. The van der Waals surface area contributed by atoms with Crippen molar-refractivity contribution >= 4 is 49.5 Å². The fourth-order valence-electron chi connectivity index (χ4n) is 8.86. The number of furan rings is 2. The van der Waals surface area contributed by atoms with Crippen molar-refractivity contribution in [3.8, 4) is 67.3 Å². The number of benzene rings is 8. The SMILES string of the molecule is C1=CCCC(c2nc(-c3ccc4oc5c(-c6ccccc6)cc(-c6ccccc6)cc5c4c3)nc(-c3ccc4oc5c(-c6ccccc6)cc(-c6ccccc6)cc5c4c3)n2)=C1. The lowest BCUT2D eigenvalue weighted by atomic mass is 9.95. The lowest BCUT2D eigenvalue weighted by Crippen LogP contribution is -2.03. The second-order valence-electron chi connectivity index (χ2n) is 15.9. The van der Waals surface area contributed by atoms with Gasteiger partial charge in [-0.1, -0.05) is 140 Å². The van der Waals surface area contributed by atoms with E-state index in [2.05, 4.69) is 176 Å². The highest BCUT2D eigenvalue weighted by Gasteiger charge is 2.21. The van der Waals surface area contributed by atoms with Gasteiger partial charge < -0.3 is 8.83 Å². The van der Waals surface area contributed by atoms with Crippen molar-refractivity contribution in [3.63, 3.8) is 0 Å². The molecule has 0 saturated heterocycles. The van der Waals surface area contributed by atoms with Crippen molar-refractivity contribution < 1.29 is 8.83 Å². The van der Waals surface area contributed by atoms with Crippen LogP contribution in [-0.4, -0.2) is 15.0 Å². The third-order valence-corrected chi connectivity index (χ3v) is 12.0. The maximum atomic E-state index is 6.69. The molecule has 0 atom stereocenters. The summed E-state index contributed by atoms with van der Waals surface area (Å²) in [5.41, 5.74) is 15.0. The summed E-state index contributed by atoms with van der Waals surface area (Å²) < 4.78 is 13.4. The smallest absolute Gasteiger partial charge is 0.164 e. The molecule has 0 saturated carbocycles. The van der Waals surface area contributed by atoms with Gasteiger partial charge in [0.1, 0.15) is 22.3 Å². The van der Waals surface area contributed by atoms with Gasteiger partial charge in [0.15, 0.2) is 17.5 Å². The standard InChI is InChI=1S/C57H37N3O2/c1-6-16-36(17-7-1)43-32-45(38-20-10-3-11-21-38)53-49(34-43)47-30-41(26-28-51(47)61-53)56-58-55(40-24-14-5-15-25-40)59-57(60-56)42-27-29-52-48(31-42)50-35-44(37-18-8-2-9-19-37)33-46(54(50)62-52)39-22-12-4-13-23-39/h1-14,16-24,26-35H,15,25H2. The molecular formula is C57H37N3O2. The van der Waals surface area contributed by atoms with Gasteiger partial charge >= 0.3 is 0 Å². The minimum Gasteiger partial charge on any atom is -0.455 e. The maximum Gasteiger partial charge on any atom is 0.164 e. The monoisotopic (exact) mass is 795 g/mol. The van der Waals surface area contributed by atoms with E-state index in [4.69, 9.17) is 23.8 Å². The topological polar surface area (TPSA) is 65.0 Å². The van der Waals surface area contributed by atoms with Crippen LogP contribution < -0.4 is 0 Å². The summed E-state index contributed by atoms with van der Waals surface area (Å²) >= 11 is 0. The summed E-state index contributed by atoms with van der Waals surface area (Å²) in [6.45, 7) is 0. The van der Waals surface area contributed by atoms with E-state index in [1.165, 1.54) is 0 Å². The number of allylic oxidation sites excluding steroid dienone is 4. The lowest BCUT2D eigenvalue weighted by molar-refractivity contribution is 0.669. The molecule has 62 heavy (non-hydrogen) atoms. The molecule has 3 heterocycles. The molecule has 3 aromatic heterocycles. The summed E-state index contributed by atoms with van der Waals surface area (Å²) in [5.74, 6) is 1.89. The van der Waals surface area contributed by atoms with Crippen molar-refractivity contribution in [2.45, 2.75) is 12.8 Å². The van der Waals surface area contributed by atoms with Crippen LogP contribution >= 0.6 is 0 Å². The van der Waals surface area contributed by atoms with Gasteiger partial charge in [0.2, 0.25) is 0 Å². The van der Waals surface area contributed by atoms with Gasteiger partial charge in [-0.2, -0.15) is 0 Å². The third-order valence-electron chi connectivity index (χ3n) is 12.0. The normalized spacial score (nSPS) is 12.7. The van der Waals surface area contributed by atoms with Crippen LogP contribution in [0.25, 0.3) is 117 Å². The Labute approximate surface area is 358 Å². The zero-order valence-corrected chi connectivity index (χ0v) is 33.6. The molecule has 8 aromatic carbocycles. The lowest BCUT2D eigenvalue weighted by Gasteiger charge is -2.12. The zero-order valence-electron chi connectivity index (χ0n) is 33.6. The predicted octanol–water partition coefficient (Wildman–Crippen LogP) is 15.4. The highest BCUT2D eigenvalue weighted by atomic mass is 16.3. The average Bonchev–Trinajstić information content (AvgIpc) is 3.92. The Balaban J connectivity index is 1.04. The van der Waals surface area contributed by atoms with E-state index >= 15 is 0 Å². The van der Waals surface area contributed by atoms with Crippen molar-refractivity contribution in [2.24, 2.45) is 0 Å². The number of hydrogen-bond donors (Lipinski definition) is 0. The number of nitrogens with zero attached hydrogens (tertiary/aromatic N) is 3. The molecule has 292 valence electrons. The average molecular weight is 796 g/mol. The molecule has 11 aromatic rings. The van der Waals surface area contributed by atoms with E-state index in [0.717, 1.165) is 118 Å². The Bertz CT molecular complexity index is 3330. The Kier molecular flexibility index (Phi) is 8.56. The number of fused-ring (bicyclic) bond motifs is 6. The van der Waals surface area contributed by atoms with Crippen molar-refractivity contribution in [1.29, 1.82) is 0 Å². The Morgan fingerprint density at radius 1 is 0.355 bits per heavy atom. The molecule has 1 aliphatic rings. The van der Waals surface area contributed by atoms with Gasteiger partial charge in [-0.25, -0.2) is 15.0 Å². The number of aromatic nitrogens is 3. The van der Waals surface area contributed by atoms with E-state index in [1.54, 1.807) is 0 Å². The highest BCUT2D eigenvalue weighted by molar-refractivity contribution is 6.13. The maximum absolute atomic E-state index is 6.69. The van der Waals surface area contributed by atoms with Crippen LogP contribution in [0.1, 0.15) is 18.7 Å². The fourth-order valence-corrected chi connectivity index (χ4v) is 8.86. The molecule has 0 unspecified atom stereocenters. The first-order valence-electron chi connectivity index (χ1n) is 21.1. The van der Waals surface area contributed by atoms with Crippen LogP contribution in [0, 0.1) is 0 Å². The van der Waals surface area contributed by atoms with Crippen LogP contribution in [0.4, 0.5) is 0 Å². The summed E-state index contributed by atoms with van der Waals surface area (Å²) in [7, 11) is 0. The van der Waals surface area contributed by atoms with E-state index in [9.17, 15) is 0 Å². The zero-order chi connectivity index (χ0) is 41.0. The van der Waals surface area contributed by atoms with Gasteiger partial charge in [-0.05, 0) is 112 Å². The quantitative estimate of drug-likeness (QED) is 0.161. The molecule has 0 N–H and O–H groups in total. The Hall–Kier alpha value is -8.15. The summed E-state index contributed by atoms with van der Waals surface area (Å²) in [6.07, 6.45) is 8.19. The number of rotatable bonds is 7. The molecule has 12 rings (SSSR count). The molecule has 5 nitrogen and oxygen atoms in total. The van der Waals surface area contributed by atoms with Crippen LogP contribution in [0.15, 0.2) is 209 Å². The van der Waals surface area contributed by atoms with Crippen molar-refractivity contribution in [2.75, 3.05) is 0 Å². The van der Waals surface area contributed by atoms with Gasteiger partial charge in [-0.3, -0.25) is 0 Å².